The van der Waals surface area contributed by atoms with Gasteiger partial charge in [-0.05, 0) is 29.8 Å². The standard InChI is InChI=1S/C16H13Cl2NO2/c1-19(13-5-3-2-4-6-13)16(21)15(20)14(18)11-7-9-12(17)10-8-11/h2-10,14H,1H3/t14-/m0/s1. The van der Waals surface area contributed by atoms with Crippen molar-refractivity contribution in [3.63, 3.8) is 0 Å². The van der Waals surface area contributed by atoms with Crippen LogP contribution in [0.5, 0.6) is 0 Å². The van der Waals surface area contributed by atoms with E-state index < -0.39 is 17.1 Å². The average molecular weight is 322 g/mol. The van der Waals surface area contributed by atoms with Gasteiger partial charge in [0, 0.05) is 17.8 Å². The highest BCUT2D eigenvalue weighted by Gasteiger charge is 2.28. The molecular weight excluding hydrogens is 309 g/mol. The lowest BCUT2D eigenvalue weighted by Crippen LogP contribution is -2.35. The number of carbonyl (C=O) groups excluding carboxylic acids is 2. The molecule has 0 fully saturated rings. The van der Waals surface area contributed by atoms with E-state index >= 15 is 0 Å². The van der Waals surface area contributed by atoms with Crippen molar-refractivity contribution >= 4 is 40.6 Å². The molecule has 5 heteroatoms. The first-order valence-corrected chi connectivity index (χ1v) is 7.08. The van der Waals surface area contributed by atoms with E-state index in [1.165, 1.54) is 4.90 Å². The first-order valence-electron chi connectivity index (χ1n) is 6.27. The molecule has 0 aliphatic heterocycles. The highest BCUT2D eigenvalue weighted by molar-refractivity contribution is 6.51. The molecule has 0 aliphatic carbocycles. The Hall–Kier alpha value is -1.84. The van der Waals surface area contributed by atoms with E-state index in [1.54, 1.807) is 55.6 Å². The number of alkyl halides is 1. The van der Waals surface area contributed by atoms with Gasteiger partial charge in [0.1, 0.15) is 5.38 Å². The summed E-state index contributed by atoms with van der Waals surface area (Å²) < 4.78 is 0. The van der Waals surface area contributed by atoms with E-state index in [2.05, 4.69) is 0 Å². The fourth-order valence-corrected chi connectivity index (χ4v) is 2.19. The topological polar surface area (TPSA) is 37.4 Å². The minimum Gasteiger partial charge on any atom is -0.309 e. The largest absolute Gasteiger partial charge is 0.309 e. The molecule has 1 atom stereocenters. The number of likely N-dealkylation sites (N-methyl/N-ethyl adjacent to an activating group) is 1. The summed E-state index contributed by atoms with van der Waals surface area (Å²) in [4.78, 5) is 25.7. The highest BCUT2D eigenvalue weighted by Crippen LogP contribution is 2.24. The van der Waals surface area contributed by atoms with Gasteiger partial charge in [-0.25, -0.2) is 0 Å². The van der Waals surface area contributed by atoms with Crippen LogP contribution in [0.3, 0.4) is 0 Å². The number of nitrogens with zero attached hydrogens (tertiary/aromatic N) is 1. The maximum atomic E-state index is 12.2. The summed E-state index contributed by atoms with van der Waals surface area (Å²) in [6.07, 6.45) is 0. The van der Waals surface area contributed by atoms with Gasteiger partial charge in [0.25, 0.3) is 5.91 Å². The molecule has 2 aromatic rings. The number of ketones is 1. The molecule has 2 aromatic carbocycles. The van der Waals surface area contributed by atoms with Crippen LogP contribution >= 0.6 is 23.2 Å². The van der Waals surface area contributed by atoms with Crippen LogP contribution in [-0.4, -0.2) is 18.7 Å². The van der Waals surface area contributed by atoms with Crippen LogP contribution in [0.4, 0.5) is 5.69 Å². The van der Waals surface area contributed by atoms with E-state index in [-0.39, 0.29) is 0 Å². The Morgan fingerprint density at radius 2 is 1.57 bits per heavy atom. The Morgan fingerprint density at radius 1 is 1.00 bits per heavy atom. The van der Waals surface area contributed by atoms with E-state index in [9.17, 15) is 9.59 Å². The van der Waals surface area contributed by atoms with Crippen LogP contribution in [-0.2, 0) is 9.59 Å². The number of para-hydroxylation sites is 1. The van der Waals surface area contributed by atoms with Crippen LogP contribution < -0.4 is 4.90 Å². The smallest absolute Gasteiger partial charge is 0.296 e. The average Bonchev–Trinajstić information content (AvgIpc) is 2.53. The van der Waals surface area contributed by atoms with Crippen LogP contribution in [0, 0.1) is 0 Å². The molecule has 108 valence electrons. The third kappa shape index (κ3) is 3.63. The summed E-state index contributed by atoms with van der Waals surface area (Å²) in [5, 5.41) is -0.483. The Kier molecular flexibility index (Phi) is 4.99. The number of amides is 1. The number of hydrogen-bond donors (Lipinski definition) is 0. The van der Waals surface area contributed by atoms with Gasteiger partial charge in [-0.2, -0.15) is 0 Å². The molecule has 0 radical (unpaired) electrons. The minimum absolute atomic E-state index is 0.542. The zero-order chi connectivity index (χ0) is 15.4. The Morgan fingerprint density at radius 3 is 2.14 bits per heavy atom. The Balaban J connectivity index is 2.15. The van der Waals surface area contributed by atoms with Gasteiger partial charge in [-0.3, -0.25) is 9.59 Å². The minimum atomic E-state index is -1.03. The third-order valence-electron chi connectivity index (χ3n) is 3.05. The number of carbonyl (C=O) groups is 2. The molecule has 0 aliphatic rings. The normalized spacial score (nSPS) is 11.8. The third-order valence-corrected chi connectivity index (χ3v) is 3.75. The number of halogens is 2. The fourth-order valence-electron chi connectivity index (χ4n) is 1.83. The summed E-state index contributed by atoms with van der Waals surface area (Å²) in [5.41, 5.74) is 1.18. The second kappa shape index (κ2) is 6.74. The predicted octanol–water partition coefficient (Wildman–Crippen LogP) is 3.85. The quantitative estimate of drug-likeness (QED) is 0.633. The van der Waals surface area contributed by atoms with Crippen LogP contribution in [0.2, 0.25) is 5.02 Å². The molecule has 0 spiro atoms. The van der Waals surface area contributed by atoms with Crippen LogP contribution in [0.1, 0.15) is 10.9 Å². The molecule has 0 unspecified atom stereocenters. The van der Waals surface area contributed by atoms with Crippen molar-refractivity contribution in [2.75, 3.05) is 11.9 Å². The maximum absolute atomic E-state index is 12.2. The van der Waals surface area contributed by atoms with Crippen LogP contribution in [0.15, 0.2) is 54.6 Å². The molecule has 0 saturated heterocycles. The van der Waals surface area contributed by atoms with Crippen molar-refractivity contribution in [1.29, 1.82) is 0 Å². The van der Waals surface area contributed by atoms with Gasteiger partial charge in [-0.15, -0.1) is 11.6 Å². The van der Waals surface area contributed by atoms with Crippen molar-refractivity contribution in [3.8, 4) is 0 Å². The van der Waals surface area contributed by atoms with E-state index in [4.69, 9.17) is 23.2 Å². The van der Waals surface area contributed by atoms with E-state index in [0.717, 1.165) is 0 Å². The molecule has 0 bridgehead atoms. The molecule has 0 saturated carbocycles. The summed E-state index contributed by atoms with van der Waals surface area (Å²) in [6.45, 7) is 0. The van der Waals surface area contributed by atoms with E-state index in [1.807, 2.05) is 6.07 Å². The van der Waals surface area contributed by atoms with Gasteiger partial charge in [0.05, 0.1) is 0 Å². The number of anilines is 1. The van der Waals surface area contributed by atoms with Gasteiger partial charge in [0.2, 0.25) is 5.78 Å². The first-order chi connectivity index (χ1) is 10.0. The van der Waals surface area contributed by atoms with Crippen LogP contribution in [0.25, 0.3) is 0 Å². The molecule has 3 nitrogen and oxygen atoms in total. The molecular formula is C16H13Cl2NO2. The lowest BCUT2D eigenvalue weighted by atomic mass is 10.1. The van der Waals surface area contributed by atoms with Crippen molar-refractivity contribution in [1.82, 2.24) is 0 Å². The number of hydrogen-bond acceptors (Lipinski definition) is 2. The summed E-state index contributed by atoms with van der Waals surface area (Å²) >= 11 is 11.9. The SMILES string of the molecule is CN(C(=O)C(=O)[C@@H](Cl)c1ccc(Cl)cc1)c1ccccc1. The van der Waals surface area contributed by atoms with Gasteiger partial charge in [-0.1, -0.05) is 41.9 Å². The molecule has 1 amide bonds. The first kappa shape index (κ1) is 15.5. The Bertz CT molecular complexity index is 641. The van der Waals surface area contributed by atoms with Gasteiger partial charge >= 0.3 is 0 Å². The molecule has 2 rings (SSSR count). The summed E-state index contributed by atoms with van der Waals surface area (Å²) in [5.74, 6) is -1.33. The second-order valence-corrected chi connectivity index (χ2v) is 5.35. The summed E-state index contributed by atoms with van der Waals surface area (Å²) in [6, 6.07) is 15.4. The molecule has 0 aromatic heterocycles. The lowest BCUT2D eigenvalue weighted by molar-refractivity contribution is -0.135. The molecule has 0 N–H and O–H groups in total. The second-order valence-electron chi connectivity index (χ2n) is 4.48. The molecule has 0 heterocycles. The fraction of sp³-hybridized carbons (Fsp3) is 0.125. The van der Waals surface area contributed by atoms with Crippen molar-refractivity contribution in [2.45, 2.75) is 5.38 Å². The number of benzene rings is 2. The van der Waals surface area contributed by atoms with Crippen molar-refractivity contribution in [2.24, 2.45) is 0 Å². The zero-order valence-electron chi connectivity index (χ0n) is 11.3. The van der Waals surface area contributed by atoms with Crippen molar-refractivity contribution < 1.29 is 9.59 Å². The maximum Gasteiger partial charge on any atom is 0.296 e. The number of Topliss-reactive ketones (excluding diaryl/α,β-unsaturated/α-hetero) is 1. The molecule has 21 heavy (non-hydrogen) atoms. The monoisotopic (exact) mass is 321 g/mol. The zero-order valence-corrected chi connectivity index (χ0v) is 12.8. The van der Waals surface area contributed by atoms with Crippen molar-refractivity contribution in [3.05, 3.63) is 65.2 Å². The lowest BCUT2D eigenvalue weighted by Gasteiger charge is -2.18. The highest BCUT2D eigenvalue weighted by atomic mass is 35.5. The Labute approximate surface area is 133 Å². The number of rotatable bonds is 4. The van der Waals surface area contributed by atoms with Gasteiger partial charge in [0.15, 0.2) is 0 Å². The predicted molar refractivity (Wildman–Crippen MR) is 84.9 cm³/mol. The summed E-state index contributed by atoms with van der Waals surface area (Å²) in [7, 11) is 1.54. The van der Waals surface area contributed by atoms with E-state index in [0.29, 0.717) is 16.3 Å². The van der Waals surface area contributed by atoms with Gasteiger partial charge < -0.3 is 4.90 Å².